The van der Waals surface area contributed by atoms with E-state index in [1.165, 1.54) is 34.4 Å². The first-order valence-corrected chi connectivity index (χ1v) is 29.5. The second-order valence-corrected chi connectivity index (χ2v) is 25.9. The standard InChI is InChI=1S/2C32H23NO3S2/c1-32(2)24-10-4-6-12-26(24)33(27-13-7-5-11-25(27)32)31-21(17-18-37-31)20-15-16-29-23(19-20)30(34)22-9-3-8-14-28(22)38(29,35)36;1-32(2)23-10-4-6-12-25(23)33(26-13-7-5-11-24(26)32)27-17-18-37-31(27)20-15-16-29-22(19-20)30(34)21-9-3-8-14-28(21)38(29,35)36/h2*3-19H,1-2H3. The molecule has 0 N–H and O–H groups in total. The Morgan fingerprint density at radius 3 is 1.22 bits per heavy atom. The van der Waals surface area contributed by atoms with Crippen LogP contribution >= 0.6 is 22.7 Å². The Labute approximate surface area is 449 Å². The van der Waals surface area contributed by atoms with Crippen molar-refractivity contribution in [3.63, 3.8) is 0 Å². The maximum absolute atomic E-state index is 13.4. The zero-order valence-electron chi connectivity index (χ0n) is 41.6. The summed E-state index contributed by atoms with van der Waals surface area (Å²) in [6, 6.07) is 61.2. The van der Waals surface area contributed by atoms with Crippen LogP contribution < -0.4 is 9.80 Å². The van der Waals surface area contributed by atoms with Crippen LogP contribution in [0.5, 0.6) is 0 Å². The number of fused-ring (bicyclic) bond motifs is 8. The van der Waals surface area contributed by atoms with Crippen LogP contribution in [0.3, 0.4) is 0 Å². The normalized spacial score (nSPS) is 16.3. The average molecular weight is 1070 g/mol. The third-order valence-corrected chi connectivity index (χ3v) is 21.0. The van der Waals surface area contributed by atoms with E-state index in [4.69, 9.17) is 0 Å². The van der Waals surface area contributed by atoms with E-state index in [-0.39, 0.29) is 64.2 Å². The summed E-state index contributed by atoms with van der Waals surface area (Å²) in [5, 5.41) is 5.11. The number of anilines is 6. The van der Waals surface area contributed by atoms with Gasteiger partial charge in [0.05, 0.1) is 52.9 Å². The van der Waals surface area contributed by atoms with Crippen LogP contribution in [-0.4, -0.2) is 28.4 Å². The number of benzene rings is 8. The summed E-state index contributed by atoms with van der Waals surface area (Å²) in [4.78, 5) is 32.7. The Morgan fingerprint density at radius 1 is 0.355 bits per heavy atom. The molecule has 2 aromatic heterocycles. The molecule has 0 unspecified atom stereocenters. The first-order valence-electron chi connectivity index (χ1n) is 24.8. The smallest absolute Gasteiger partial charge is 0.208 e. The summed E-state index contributed by atoms with van der Waals surface area (Å²) < 4.78 is 53.3. The number of carbonyl (C=O) groups is 2. The number of hydrogen-bond donors (Lipinski definition) is 0. The molecule has 0 amide bonds. The number of sulfone groups is 2. The van der Waals surface area contributed by atoms with E-state index in [2.05, 4.69) is 141 Å². The van der Waals surface area contributed by atoms with Gasteiger partial charge in [0.1, 0.15) is 5.00 Å². The number of hydrogen-bond acceptors (Lipinski definition) is 10. The predicted molar refractivity (Wildman–Crippen MR) is 304 cm³/mol. The summed E-state index contributed by atoms with van der Waals surface area (Å²) in [5.41, 5.74) is 13.5. The Balaban J connectivity index is 0.000000146. The van der Waals surface area contributed by atoms with Gasteiger partial charge in [0.2, 0.25) is 19.7 Å². The topological polar surface area (TPSA) is 109 Å². The highest BCUT2D eigenvalue weighted by Crippen LogP contribution is 2.56. The second-order valence-electron chi connectivity index (χ2n) is 20.3. The van der Waals surface area contributed by atoms with Crippen LogP contribution in [-0.2, 0) is 30.5 Å². The van der Waals surface area contributed by atoms with Crippen molar-refractivity contribution in [1.82, 2.24) is 0 Å². The third kappa shape index (κ3) is 6.97. The molecule has 0 aliphatic carbocycles. The van der Waals surface area contributed by atoms with Crippen LogP contribution in [0, 0.1) is 0 Å². The van der Waals surface area contributed by atoms with Gasteiger partial charge in [-0.3, -0.25) is 9.59 Å². The molecule has 0 fully saturated rings. The molecule has 8 aromatic carbocycles. The fourth-order valence-electron chi connectivity index (χ4n) is 11.7. The van der Waals surface area contributed by atoms with Crippen LogP contribution in [0.2, 0.25) is 0 Å². The van der Waals surface area contributed by atoms with Gasteiger partial charge in [-0.25, -0.2) is 16.8 Å². The van der Waals surface area contributed by atoms with Crippen LogP contribution in [0.1, 0.15) is 81.8 Å². The number of rotatable bonds is 4. The van der Waals surface area contributed by atoms with Crippen molar-refractivity contribution in [2.24, 2.45) is 0 Å². The van der Waals surface area contributed by atoms with Crippen LogP contribution in [0.4, 0.5) is 33.4 Å². The lowest BCUT2D eigenvalue weighted by molar-refractivity contribution is 0.102. The number of para-hydroxylation sites is 4. The summed E-state index contributed by atoms with van der Waals surface area (Å²) >= 11 is 3.21. The molecular formula is C64H46N2O6S4. The molecule has 0 radical (unpaired) electrons. The van der Waals surface area contributed by atoms with Crippen molar-refractivity contribution in [3.8, 4) is 21.6 Å². The first-order chi connectivity index (χ1) is 36.6. The maximum atomic E-state index is 13.4. The van der Waals surface area contributed by atoms with E-state index in [0.717, 1.165) is 55.0 Å². The molecule has 76 heavy (non-hydrogen) atoms. The first kappa shape index (κ1) is 47.7. The van der Waals surface area contributed by atoms with Gasteiger partial charge in [-0.15, -0.1) is 22.7 Å². The lowest BCUT2D eigenvalue weighted by Crippen LogP contribution is -2.30. The molecule has 10 aromatic rings. The van der Waals surface area contributed by atoms with Gasteiger partial charge in [-0.1, -0.05) is 137 Å². The Morgan fingerprint density at radius 2 is 0.737 bits per heavy atom. The van der Waals surface area contributed by atoms with E-state index in [0.29, 0.717) is 0 Å². The minimum atomic E-state index is -3.77. The van der Waals surface area contributed by atoms with Crippen LogP contribution in [0.15, 0.2) is 224 Å². The zero-order chi connectivity index (χ0) is 52.5. The van der Waals surface area contributed by atoms with Crippen LogP contribution in [0.25, 0.3) is 21.6 Å². The number of nitrogens with zero attached hydrogens (tertiary/aromatic N) is 2. The zero-order valence-corrected chi connectivity index (χ0v) is 44.9. The summed E-state index contributed by atoms with van der Waals surface area (Å²) in [7, 11) is -7.54. The van der Waals surface area contributed by atoms with E-state index in [1.807, 2.05) is 29.0 Å². The minimum Gasteiger partial charge on any atom is -0.308 e. The van der Waals surface area contributed by atoms with E-state index in [1.54, 1.807) is 83.3 Å². The van der Waals surface area contributed by atoms with Gasteiger partial charge < -0.3 is 9.80 Å². The van der Waals surface area contributed by atoms with Crippen molar-refractivity contribution in [3.05, 3.63) is 249 Å². The molecule has 0 saturated carbocycles. The molecule has 8 nitrogen and oxygen atoms in total. The summed E-state index contributed by atoms with van der Waals surface area (Å²) in [6.07, 6.45) is 0. The largest absolute Gasteiger partial charge is 0.308 e. The van der Waals surface area contributed by atoms with Crippen molar-refractivity contribution < 1.29 is 26.4 Å². The third-order valence-electron chi connectivity index (χ3n) is 15.4. The fourth-order valence-corrected chi connectivity index (χ4v) is 16.8. The maximum Gasteiger partial charge on any atom is 0.208 e. The van der Waals surface area contributed by atoms with Gasteiger partial charge >= 0.3 is 0 Å². The molecule has 6 heterocycles. The van der Waals surface area contributed by atoms with Gasteiger partial charge in [0, 0.05) is 38.6 Å². The lowest BCUT2D eigenvalue weighted by atomic mass is 9.73. The average Bonchev–Trinajstić information content (AvgIpc) is 4.16. The molecule has 0 saturated heterocycles. The van der Waals surface area contributed by atoms with E-state index >= 15 is 0 Å². The highest BCUT2D eigenvalue weighted by molar-refractivity contribution is 7.92. The van der Waals surface area contributed by atoms with Crippen molar-refractivity contribution in [2.75, 3.05) is 9.80 Å². The second kappa shape index (κ2) is 17.3. The number of carbonyl (C=O) groups excluding carboxylic acids is 2. The predicted octanol–water partition coefficient (Wildman–Crippen LogP) is 15.8. The Kier molecular flexibility index (Phi) is 10.8. The van der Waals surface area contributed by atoms with Gasteiger partial charge in [-0.2, -0.15) is 0 Å². The molecule has 372 valence electrons. The van der Waals surface area contributed by atoms with Crippen molar-refractivity contribution in [1.29, 1.82) is 0 Å². The monoisotopic (exact) mass is 1070 g/mol. The molecule has 0 bridgehead atoms. The number of thiophene rings is 2. The molecule has 14 rings (SSSR count). The summed E-state index contributed by atoms with van der Waals surface area (Å²) in [6.45, 7) is 9.02. The highest BCUT2D eigenvalue weighted by Gasteiger charge is 2.41. The molecule has 4 aliphatic rings. The lowest BCUT2D eigenvalue weighted by Gasteiger charge is -2.42. The van der Waals surface area contributed by atoms with E-state index < -0.39 is 19.7 Å². The Bertz CT molecular complexity index is 3980. The highest BCUT2D eigenvalue weighted by atomic mass is 32.2. The van der Waals surface area contributed by atoms with Gasteiger partial charge in [0.25, 0.3) is 0 Å². The minimum absolute atomic E-state index is 0.0668. The molecule has 0 atom stereocenters. The Hall–Kier alpha value is -8.00. The van der Waals surface area contributed by atoms with E-state index in [9.17, 15) is 26.4 Å². The van der Waals surface area contributed by atoms with Gasteiger partial charge in [0.15, 0.2) is 11.6 Å². The quantitative estimate of drug-likeness (QED) is 0.171. The molecule has 4 aliphatic heterocycles. The molecular weight excluding hydrogens is 1020 g/mol. The molecule has 12 heteroatoms. The SMILES string of the molecule is CC1(C)c2ccccc2N(c2ccsc2-c2ccc3c(c2)C(=O)c2ccccc2S3(=O)=O)c2ccccc21.CC1(C)c2ccccc2N(c2sccc2-c2ccc3c(c2)C(=O)c2ccccc2S3(=O)=O)c2ccccc21. The molecule has 0 spiro atoms. The number of ketones is 2. The summed E-state index contributed by atoms with van der Waals surface area (Å²) in [5.74, 6) is -0.528. The van der Waals surface area contributed by atoms with Gasteiger partial charge in [-0.05, 0) is 129 Å². The van der Waals surface area contributed by atoms with Crippen molar-refractivity contribution in [2.45, 2.75) is 58.1 Å². The van der Waals surface area contributed by atoms with Crippen molar-refractivity contribution >= 4 is 87.4 Å². The fraction of sp³-hybridized carbons (Fsp3) is 0.0938.